The van der Waals surface area contributed by atoms with E-state index in [0.717, 1.165) is 18.4 Å². The lowest BCUT2D eigenvalue weighted by atomic mass is 10.1. The summed E-state index contributed by atoms with van der Waals surface area (Å²) in [7, 11) is 1.58. The van der Waals surface area contributed by atoms with E-state index in [1.54, 1.807) is 13.3 Å². The third-order valence-corrected chi connectivity index (χ3v) is 3.06. The van der Waals surface area contributed by atoms with Crippen molar-refractivity contribution in [3.8, 4) is 5.88 Å². The first-order valence-electron chi connectivity index (χ1n) is 6.20. The number of nitrogens with zero attached hydrogens (tertiary/aromatic N) is 1. The van der Waals surface area contributed by atoms with Crippen LogP contribution in [0.25, 0.3) is 0 Å². The molecule has 0 spiro atoms. The van der Waals surface area contributed by atoms with E-state index in [2.05, 4.69) is 22.5 Å². The molecule has 1 heterocycles. The van der Waals surface area contributed by atoms with Gasteiger partial charge in [0, 0.05) is 25.2 Å². The van der Waals surface area contributed by atoms with Crippen LogP contribution in [-0.2, 0) is 11.3 Å². The molecule has 1 aromatic rings. The van der Waals surface area contributed by atoms with Gasteiger partial charge in [0.25, 0.3) is 0 Å². The van der Waals surface area contributed by atoms with Gasteiger partial charge in [-0.1, -0.05) is 12.2 Å². The number of carbonyl (C=O) groups is 1. The fourth-order valence-electron chi connectivity index (χ4n) is 2.05. The first-order chi connectivity index (χ1) is 8.78. The number of hydrogen-bond donors (Lipinski definition) is 1. The molecule has 1 aromatic heterocycles. The number of pyridine rings is 1. The first-order valence-corrected chi connectivity index (χ1v) is 6.20. The van der Waals surface area contributed by atoms with Crippen molar-refractivity contribution in [2.75, 3.05) is 7.11 Å². The van der Waals surface area contributed by atoms with Gasteiger partial charge in [-0.25, -0.2) is 4.98 Å². The van der Waals surface area contributed by atoms with Gasteiger partial charge in [0.05, 0.1) is 7.11 Å². The molecule has 0 aliphatic heterocycles. The summed E-state index contributed by atoms with van der Waals surface area (Å²) in [6, 6.07) is 3.70. The Hall–Kier alpha value is -1.84. The SMILES string of the molecule is COc1cc(CNC(=O)C[C@@H]2C=CCC2)ccn1. The van der Waals surface area contributed by atoms with Crippen molar-refractivity contribution in [1.29, 1.82) is 0 Å². The average molecular weight is 246 g/mol. The lowest BCUT2D eigenvalue weighted by Crippen LogP contribution is -2.24. The lowest BCUT2D eigenvalue weighted by Gasteiger charge is -2.09. The molecule has 1 amide bonds. The summed E-state index contributed by atoms with van der Waals surface area (Å²) >= 11 is 0. The maximum atomic E-state index is 11.7. The van der Waals surface area contributed by atoms with Crippen LogP contribution in [0.1, 0.15) is 24.8 Å². The van der Waals surface area contributed by atoms with Gasteiger partial charge in [-0.05, 0) is 30.4 Å². The van der Waals surface area contributed by atoms with E-state index >= 15 is 0 Å². The van der Waals surface area contributed by atoms with Gasteiger partial charge in [0.2, 0.25) is 11.8 Å². The molecular weight excluding hydrogens is 228 g/mol. The van der Waals surface area contributed by atoms with Crippen molar-refractivity contribution in [1.82, 2.24) is 10.3 Å². The summed E-state index contributed by atoms with van der Waals surface area (Å²) in [5.74, 6) is 1.08. The molecule has 0 fully saturated rings. The Labute approximate surface area is 107 Å². The first kappa shape index (κ1) is 12.6. The van der Waals surface area contributed by atoms with Gasteiger partial charge >= 0.3 is 0 Å². The molecule has 1 atom stereocenters. The summed E-state index contributed by atoms with van der Waals surface area (Å²) in [6.45, 7) is 0.522. The van der Waals surface area contributed by atoms with Crippen LogP contribution < -0.4 is 10.1 Å². The maximum Gasteiger partial charge on any atom is 0.220 e. The normalized spacial score (nSPS) is 17.7. The monoisotopic (exact) mass is 246 g/mol. The van der Waals surface area contributed by atoms with Crippen molar-refractivity contribution < 1.29 is 9.53 Å². The van der Waals surface area contributed by atoms with Crippen LogP contribution in [0.2, 0.25) is 0 Å². The molecule has 1 aliphatic carbocycles. The van der Waals surface area contributed by atoms with Crippen molar-refractivity contribution in [3.05, 3.63) is 36.0 Å². The number of hydrogen-bond acceptors (Lipinski definition) is 3. The van der Waals surface area contributed by atoms with Gasteiger partial charge in [0.15, 0.2) is 0 Å². The van der Waals surface area contributed by atoms with Gasteiger partial charge in [-0.2, -0.15) is 0 Å². The van der Waals surface area contributed by atoms with Crippen LogP contribution in [0.15, 0.2) is 30.5 Å². The van der Waals surface area contributed by atoms with E-state index in [1.165, 1.54) is 0 Å². The Morgan fingerprint density at radius 2 is 2.50 bits per heavy atom. The molecule has 1 aliphatic rings. The Bertz CT molecular complexity index is 443. The smallest absolute Gasteiger partial charge is 0.220 e. The zero-order valence-corrected chi connectivity index (χ0v) is 10.6. The molecule has 0 saturated carbocycles. The largest absolute Gasteiger partial charge is 0.481 e. The average Bonchev–Trinajstić information content (AvgIpc) is 2.89. The number of methoxy groups -OCH3 is 1. The van der Waals surface area contributed by atoms with Crippen molar-refractivity contribution >= 4 is 5.91 Å². The number of carbonyl (C=O) groups excluding carboxylic acids is 1. The molecule has 2 rings (SSSR count). The Balaban J connectivity index is 1.79. The van der Waals surface area contributed by atoms with Gasteiger partial charge in [0.1, 0.15) is 0 Å². The lowest BCUT2D eigenvalue weighted by molar-refractivity contribution is -0.121. The minimum absolute atomic E-state index is 0.0994. The second-order valence-corrected chi connectivity index (χ2v) is 4.45. The van der Waals surface area contributed by atoms with Crippen molar-refractivity contribution in [3.63, 3.8) is 0 Å². The molecule has 0 aromatic carbocycles. The van der Waals surface area contributed by atoms with Crippen molar-refractivity contribution in [2.24, 2.45) is 5.92 Å². The summed E-state index contributed by atoms with van der Waals surface area (Å²) < 4.78 is 5.04. The third kappa shape index (κ3) is 3.58. The molecule has 1 N–H and O–H groups in total. The van der Waals surface area contributed by atoms with E-state index in [0.29, 0.717) is 24.8 Å². The standard InChI is InChI=1S/C14H18N2O2/c1-18-14-9-12(6-7-15-14)10-16-13(17)8-11-4-2-3-5-11/h2,4,6-7,9,11H,3,5,8,10H2,1H3,(H,16,17)/t11-/m1/s1. The number of allylic oxidation sites excluding steroid dienone is 2. The Morgan fingerprint density at radius 1 is 1.61 bits per heavy atom. The number of rotatable bonds is 5. The Morgan fingerprint density at radius 3 is 3.22 bits per heavy atom. The molecule has 0 unspecified atom stereocenters. The molecule has 0 bridgehead atoms. The van der Waals surface area contributed by atoms with Gasteiger partial charge in [-0.15, -0.1) is 0 Å². The molecular formula is C14H18N2O2. The topological polar surface area (TPSA) is 51.2 Å². The maximum absolute atomic E-state index is 11.7. The fourth-order valence-corrected chi connectivity index (χ4v) is 2.05. The van der Waals surface area contributed by atoms with Crippen LogP contribution in [0.3, 0.4) is 0 Å². The quantitative estimate of drug-likeness (QED) is 0.809. The molecule has 4 nitrogen and oxygen atoms in total. The molecule has 0 saturated heterocycles. The van der Waals surface area contributed by atoms with Crippen LogP contribution >= 0.6 is 0 Å². The van der Waals surface area contributed by atoms with Gasteiger partial charge in [-0.3, -0.25) is 4.79 Å². The zero-order valence-electron chi connectivity index (χ0n) is 10.6. The summed E-state index contributed by atoms with van der Waals surface area (Å²) in [6.07, 6.45) is 8.73. The Kier molecular flexibility index (Phi) is 4.34. The highest BCUT2D eigenvalue weighted by atomic mass is 16.5. The third-order valence-electron chi connectivity index (χ3n) is 3.06. The summed E-state index contributed by atoms with van der Waals surface area (Å²) in [4.78, 5) is 15.8. The number of aromatic nitrogens is 1. The van der Waals surface area contributed by atoms with Gasteiger partial charge < -0.3 is 10.1 Å². The number of nitrogens with one attached hydrogen (secondary N) is 1. The summed E-state index contributed by atoms with van der Waals surface area (Å²) in [5.41, 5.74) is 0.997. The van der Waals surface area contributed by atoms with Crippen LogP contribution in [0.5, 0.6) is 5.88 Å². The molecule has 18 heavy (non-hydrogen) atoms. The van der Waals surface area contributed by atoms with Crippen LogP contribution in [0, 0.1) is 5.92 Å². The predicted octanol–water partition coefficient (Wildman–Crippen LogP) is 2.06. The highest BCUT2D eigenvalue weighted by Gasteiger charge is 2.13. The van der Waals surface area contributed by atoms with E-state index < -0.39 is 0 Å². The molecule has 4 heteroatoms. The molecule has 0 radical (unpaired) electrons. The predicted molar refractivity (Wildman–Crippen MR) is 69.1 cm³/mol. The van der Waals surface area contributed by atoms with E-state index in [-0.39, 0.29) is 5.91 Å². The highest BCUT2D eigenvalue weighted by Crippen LogP contribution is 2.20. The second kappa shape index (κ2) is 6.19. The zero-order chi connectivity index (χ0) is 12.8. The minimum Gasteiger partial charge on any atom is -0.481 e. The van der Waals surface area contributed by atoms with Crippen LogP contribution in [-0.4, -0.2) is 18.0 Å². The van der Waals surface area contributed by atoms with E-state index in [9.17, 15) is 4.79 Å². The second-order valence-electron chi connectivity index (χ2n) is 4.45. The summed E-state index contributed by atoms with van der Waals surface area (Å²) in [5, 5.41) is 2.92. The number of ether oxygens (including phenoxy) is 1. The fraction of sp³-hybridized carbons (Fsp3) is 0.429. The van der Waals surface area contributed by atoms with Crippen molar-refractivity contribution in [2.45, 2.75) is 25.8 Å². The minimum atomic E-state index is 0.0994. The van der Waals surface area contributed by atoms with E-state index in [4.69, 9.17) is 4.74 Å². The molecule has 96 valence electrons. The van der Waals surface area contributed by atoms with E-state index in [1.807, 2.05) is 12.1 Å². The highest BCUT2D eigenvalue weighted by molar-refractivity contribution is 5.76. The number of amides is 1. The van der Waals surface area contributed by atoms with Crippen LogP contribution in [0.4, 0.5) is 0 Å².